The van der Waals surface area contributed by atoms with Crippen LogP contribution in [0.3, 0.4) is 0 Å². The number of halogens is 1. The van der Waals surface area contributed by atoms with Crippen molar-refractivity contribution in [2.45, 2.75) is 39.0 Å². The summed E-state index contributed by atoms with van der Waals surface area (Å²) in [6, 6.07) is 13.5. The van der Waals surface area contributed by atoms with Gasteiger partial charge in [-0.25, -0.2) is 4.39 Å². The zero-order valence-corrected chi connectivity index (χ0v) is 16.5. The topological polar surface area (TPSA) is 58.5 Å². The van der Waals surface area contributed by atoms with Crippen molar-refractivity contribution in [3.05, 3.63) is 76.7 Å². The van der Waals surface area contributed by atoms with Crippen molar-refractivity contribution >= 4 is 23.1 Å². The zero-order chi connectivity index (χ0) is 20.5. The second kappa shape index (κ2) is 7.74. The predicted octanol–water partition coefficient (Wildman–Crippen LogP) is 4.95. The first-order valence-corrected chi connectivity index (χ1v) is 9.89. The van der Waals surface area contributed by atoms with E-state index in [4.69, 9.17) is 0 Å². The van der Waals surface area contributed by atoms with Gasteiger partial charge in [-0.05, 0) is 62.1 Å². The fraction of sp³-hybridized carbons (Fsp3) is 0.292. The lowest BCUT2D eigenvalue weighted by Crippen LogP contribution is -2.40. The zero-order valence-electron chi connectivity index (χ0n) is 16.5. The van der Waals surface area contributed by atoms with Crippen molar-refractivity contribution in [3.63, 3.8) is 0 Å². The molecule has 0 bridgehead atoms. The van der Waals surface area contributed by atoms with Gasteiger partial charge in [-0.2, -0.15) is 0 Å². The Labute approximate surface area is 169 Å². The van der Waals surface area contributed by atoms with E-state index in [0.29, 0.717) is 23.4 Å². The number of carbonyl (C=O) groups excluding carboxylic acids is 2. The quantitative estimate of drug-likeness (QED) is 0.806. The largest absolute Gasteiger partial charge is 0.322 e. The molecule has 2 aromatic rings. The molecule has 1 heterocycles. The summed E-state index contributed by atoms with van der Waals surface area (Å²) in [6.45, 7) is 3.83. The van der Waals surface area contributed by atoms with Crippen molar-refractivity contribution in [1.29, 1.82) is 0 Å². The fourth-order valence-electron chi connectivity index (χ4n) is 4.42. The number of amides is 1. The van der Waals surface area contributed by atoms with E-state index >= 15 is 0 Å². The number of ketones is 1. The average molecular weight is 390 g/mol. The van der Waals surface area contributed by atoms with Gasteiger partial charge in [0.15, 0.2) is 0 Å². The van der Waals surface area contributed by atoms with E-state index in [0.717, 1.165) is 29.7 Å². The van der Waals surface area contributed by atoms with E-state index in [1.165, 1.54) is 24.3 Å². The molecular weight excluding hydrogens is 367 g/mol. The molecule has 148 valence electrons. The van der Waals surface area contributed by atoms with Gasteiger partial charge in [0.05, 0.1) is 5.92 Å². The number of hydrogen-bond donors (Lipinski definition) is 1. The highest BCUT2D eigenvalue weighted by Crippen LogP contribution is 2.43. The normalized spacial score (nSPS) is 21.5. The van der Waals surface area contributed by atoms with Crippen LogP contribution < -0.4 is 5.32 Å². The first kappa shape index (κ1) is 19.2. The number of hydrogen-bond acceptors (Lipinski definition) is 3. The van der Waals surface area contributed by atoms with Crippen LogP contribution in [0.15, 0.2) is 64.8 Å². The number of aryl methyl sites for hydroxylation is 1. The Balaban J connectivity index is 1.80. The molecule has 0 radical (unpaired) electrons. The summed E-state index contributed by atoms with van der Waals surface area (Å²) in [7, 11) is 0. The van der Waals surface area contributed by atoms with Crippen molar-refractivity contribution < 1.29 is 14.0 Å². The van der Waals surface area contributed by atoms with Gasteiger partial charge in [0, 0.05) is 35.0 Å². The third kappa shape index (κ3) is 3.65. The molecule has 2 aliphatic rings. The molecule has 0 spiro atoms. The first-order chi connectivity index (χ1) is 14.0. The number of aliphatic imine (C=N–C) groups is 1. The molecule has 5 heteroatoms. The number of fused-ring (bicyclic) bond motifs is 1. The highest BCUT2D eigenvalue weighted by molar-refractivity contribution is 6.14. The van der Waals surface area contributed by atoms with Gasteiger partial charge in [0.1, 0.15) is 11.6 Å². The van der Waals surface area contributed by atoms with Crippen LogP contribution in [0.1, 0.15) is 43.2 Å². The molecule has 1 amide bonds. The van der Waals surface area contributed by atoms with Crippen LogP contribution in [-0.4, -0.2) is 17.4 Å². The fourth-order valence-corrected chi connectivity index (χ4v) is 4.42. The van der Waals surface area contributed by atoms with Crippen molar-refractivity contribution in [3.8, 4) is 0 Å². The summed E-state index contributed by atoms with van der Waals surface area (Å²) in [5.41, 5.74) is 4.54. The van der Waals surface area contributed by atoms with Crippen molar-refractivity contribution in [2.75, 3.05) is 5.32 Å². The lowest BCUT2D eigenvalue weighted by atomic mass is 9.68. The third-order valence-corrected chi connectivity index (χ3v) is 5.78. The maximum absolute atomic E-state index is 13.3. The maximum Gasteiger partial charge on any atom is 0.254 e. The van der Waals surface area contributed by atoms with Gasteiger partial charge in [-0.3, -0.25) is 14.6 Å². The second-order valence-electron chi connectivity index (χ2n) is 7.70. The maximum atomic E-state index is 13.3. The number of anilines is 1. The highest BCUT2D eigenvalue weighted by atomic mass is 19.1. The summed E-state index contributed by atoms with van der Waals surface area (Å²) in [5.74, 6) is -1.29. The van der Waals surface area contributed by atoms with Crippen LogP contribution in [-0.2, 0) is 9.59 Å². The Morgan fingerprint density at radius 3 is 2.48 bits per heavy atom. The van der Waals surface area contributed by atoms with Crippen LogP contribution in [0, 0.1) is 18.7 Å². The Hall–Kier alpha value is -3.08. The Morgan fingerprint density at radius 1 is 1.03 bits per heavy atom. The SMILES string of the molecule is CC1=C(C(=O)Nc2ccc(F)cc2)[C@H](c2ccccc2C)C2C(=O)CCCC2=N1. The van der Waals surface area contributed by atoms with Crippen molar-refractivity contribution in [1.82, 2.24) is 0 Å². The van der Waals surface area contributed by atoms with Crippen LogP contribution >= 0.6 is 0 Å². The van der Waals surface area contributed by atoms with Crippen LogP contribution in [0.25, 0.3) is 0 Å². The molecule has 29 heavy (non-hydrogen) atoms. The van der Waals surface area contributed by atoms with Crippen LogP contribution in [0.4, 0.5) is 10.1 Å². The van der Waals surface area contributed by atoms with Crippen LogP contribution in [0.2, 0.25) is 0 Å². The molecule has 4 nitrogen and oxygen atoms in total. The van der Waals surface area contributed by atoms with Gasteiger partial charge in [-0.15, -0.1) is 0 Å². The van der Waals surface area contributed by atoms with E-state index in [1.807, 2.05) is 38.1 Å². The number of nitrogens with one attached hydrogen (secondary N) is 1. The van der Waals surface area contributed by atoms with Crippen LogP contribution in [0.5, 0.6) is 0 Å². The summed E-state index contributed by atoms with van der Waals surface area (Å²) in [4.78, 5) is 30.9. The average Bonchev–Trinajstić information content (AvgIpc) is 2.69. The standard InChI is InChI=1S/C24H23FN2O2/c1-14-6-3-4-7-18(14)22-21(24(29)27-17-12-10-16(25)11-13-17)15(2)26-19-8-5-9-20(28)23(19)22/h3-4,6-7,10-13,22-23H,5,8-9H2,1-2H3,(H,27,29)/t22-,23?/m0/s1. The Kier molecular flexibility index (Phi) is 5.14. The summed E-state index contributed by atoms with van der Waals surface area (Å²) < 4.78 is 13.2. The third-order valence-electron chi connectivity index (χ3n) is 5.78. The monoisotopic (exact) mass is 390 g/mol. The molecule has 1 N–H and O–H groups in total. The molecule has 1 saturated carbocycles. The van der Waals surface area contributed by atoms with E-state index in [2.05, 4.69) is 10.3 Å². The predicted molar refractivity (Wildman–Crippen MR) is 111 cm³/mol. The summed E-state index contributed by atoms with van der Waals surface area (Å²) in [5, 5.41) is 2.85. The summed E-state index contributed by atoms with van der Waals surface area (Å²) >= 11 is 0. The lowest BCUT2D eigenvalue weighted by Gasteiger charge is -2.36. The molecule has 2 atom stereocenters. The van der Waals surface area contributed by atoms with E-state index in [1.54, 1.807) is 0 Å². The lowest BCUT2D eigenvalue weighted by molar-refractivity contribution is -0.122. The van der Waals surface area contributed by atoms with Crippen molar-refractivity contribution in [2.24, 2.45) is 10.9 Å². The van der Waals surface area contributed by atoms with Gasteiger partial charge in [0.2, 0.25) is 0 Å². The first-order valence-electron chi connectivity index (χ1n) is 9.89. The van der Waals surface area contributed by atoms with Gasteiger partial charge < -0.3 is 5.32 Å². The van der Waals surface area contributed by atoms with E-state index in [9.17, 15) is 14.0 Å². The number of rotatable bonds is 3. The Bertz CT molecular complexity index is 1040. The molecule has 0 aromatic heterocycles. The molecule has 1 aliphatic carbocycles. The minimum absolute atomic E-state index is 0.142. The summed E-state index contributed by atoms with van der Waals surface area (Å²) in [6.07, 6.45) is 2.10. The Morgan fingerprint density at radius 2 is 1.76 bits per heavy atom. The minimum Gasteiger partial charge on any atom is -0.322 e. The molecule has 1 aliphatic heterocycles. The van der Waals surface area contributed by atoms with Gasteiger partial charge >= 0.3 is 0 Å². The van der Waals surface area contributed by atoms with Gasteiger partial charge in [0.25, 0.3) is 5.91 Å². The second-order valence-corrected chi connectivity index (χ2v) is 7.70. The molecule has 4 rings (SSSR count). The number of Topliss-reactive ketones (excluding diaryl/α,β-unsaturated/α-hetero) is 1. The highest BCUT2D eigenvalue weighted by Gasteiger charge is 2.43. The molecule has 0 saturated heterocycles. The number of nitrogens with zero attached hydrogens (tertiary/aromatic N) is 1. The molecular formula is C24H23FN2O2. The molecule has 1 fully saturated rings. The molecule has 1 unspecified atom stereocenters. The minimum atomic E-state index is -0.400. The van der Waals surface area contributed by atoms with E-state index in [-0.39, 0.29) is 23.4 Å². The smallest absolute Gasteiger partial charge is 0.254 e. The number of allylic oxidation sites excluding steroid dienone is 1. The van der Waals surface area contributed by atoms with E-state index < -0.39 is 5.92 Å². The van der Waals surface area contributed by atoms with Gasteiger partial charge in [-0.1, -0.05) is 24.3 Å². The number of carbonyl (C=O) groups is 2. The number of benzene rings is 2. The molecule has 2 aromatic carbocycles.